The Morgan fingerprint density at radius 2 is 1.67 bits per heavy atom. The molecular formula is C18H25N3O3. The zero-order valence-electron chi connectivity index (χ0n) is 13.7. The van der Waals surface area contributed by atoms with Crippen LogP contribution in [0, 0.1) is 11.8 Å². The van der Waals surface area contributed by atoms with Gasteiger partial charge in [0, 0.05) is 17.2 Å². The van der Waals surface area contributed by atoms with Crippen LogP contribution in [0.15, 0.2) is 24.3 Å². The van der Waals surface area contributed by atoms with Crippen molar-refractivity contribution in [1.29, 1.82) is 0 Å². The first-order valence-corrected chi connectivity index (χ1v) is 8.64. The van der Waals surface area contributed by atoms with Crippen LogP contribution in [-0.4, -0.2) is 42.2 Å². The molecule has 1 heterocycles. The number of carbonyl (C=O) groups is 2. The number of nitrogens with one attached hydrogen (secondary N) is 2. The summed E-state index contributed by atoms with van der Waals surface area (Å²) in [6.07, 6.45) is 3.37. The van der Waals surface area contributed by atoms with Crippen molar-refractivity contribution in [3.63, 3.8) is 0 Å². The number of aliphatic hydroxyl groups excluding tert-OH is 1. The number of primary amides is 1. The third-order valence-corrected chi connectivity index (χ3v) is 5.28. The highest BCUT2D eigenvalue weighted by atomic mass is 16.3. The molecule has 2 aliphatic rings. The predicted molar refractivity (Wildman–Crippen MR) is 90.5 cm³/mol. The lowest BCUT2D eigenvalue weighted by atomic mass is 9.71. The average Bonchev–Trinajstić information content (AvgIpc) is 2.58. The number of aliphatic hydroxyl groups is 1. The van der Waals surface area contributed by atoms with E-state index in [2.05, 4.69) is 10.6 Å². The van der Waals surface area contributed by atoms with Crippen molar-refractivity contribution in [3.05, 3.63) is 35.4 Å². The second-order valence-corrected chi connectivity index (χ2v) is 6.91. The largest absolute Gasteiger partial charge is 0.393 e. The van der Waals surface area contributed by atoms with Gasteiger partial charge in [0.15, 0.2) is 0 Å². The van der Waals surface area contributed by atoms with Crippen molar-refractivity contribution < 1.29 is 14.7 Å². The fraction of sp³-hybridized carbons (Fsp3) is 0.556. The quantitative estimate of drug-likeness (QED) is 0.636. The molecule has 1 saturated heterocycles. The minimum atomic E-state index is -0.502. The standard InChI is InChI=1S/C18H25N3O3/c19-17(23)12-1-3-13(4-2-12)18(24)21-16(14-9-15(22)10-14)11-5-7-20-8-6-11/h1-4,11,14-16,20,22H,5-10H2,(H2,19,23)(H,21,24). The molecule has 1 atom stereocenters. The fourth-order valence-corrected chi connectivity index (χ4v) is 3.77. The van der Waals surface area contributed by atoms with Crippen molar-refractivity contribution in [2.75, 3.05) is 13.1 Å². The van der Waals surface area contributed by atoms with E-state index in [9.17, 15) is 14.7 Å². The van der Waals surface area contributed by atoms with Crippen molar-refractivity contribution in [2.24, 2.45) is 17.6 Å². The van der Waals surface area contributed by atoms with Crippen LogP contribution in [0.5, 0.6) is 0 Å². The summed E-state index contributed by atoms with van der Waals surface area (Å²) >= 11 is 0. The van der Waals surface area contributed by atoms with Crippen molar-refractivity contribution in [3.8, 4) is 0 Å². The SMILES string of the molecule is NC(=O)c1ccc(C(=O)NC(C2CCNCC2)C2CC(O)C2)cc1. The third kappa shape index (κ3) is 3.76. The normalized spacial score (nSPS) is 25.5. The highest BCUT2D eigenvalue weighted by Crippen LogP contribution is 2.35. The highest BCUT2D eigenvalue weighted by Gasteiger charge is 2.39. The Morgan fingerprint density at radius 3 is 2.21 bits per heavy atom. The summed E-state index contributed by atoms with van der Waals surface area (Å²) < 4.78 is 0. The molecule has 0 radical (unpaired) electrons. The molecule has 1 unspecified atom stereocenters. The lowest BCUT2D eigenvalue weighted by Gasteiger charge is -2.43. The predicted octanol–water partition coefficient (Wildman–Crippen LogP) is 0.654. The molecule has 2 amide bonds. The Balaban J connectivity index is 1.68. The zero-order valence-corrected chi connectivity index (χ0v) is 13.7. The highest BCUT2D eigenvalue weighted by molar-refractivity contribution is 5.97. The number of benzene rings is 1. The lowest BCUT2D eigenvalue weighted by Crippen LogP contribution is -2.52. The summed E-state index contributed by atoms with van der Waals surface area (Å²) in [4.78, 5) is 23.7. The number of amides is 2. The second kappa shape index (κ2) is 7.32. The van der Waals surface area contributed by atoms with Gasteiger partial charge >= 0.3 is 0 Å². The van der Waals surface area contributed by atoms with Gasteiger partial charge < -0.3 is 21.5 Å². The fourth-order valence-electron chi connectivity index (χ4n) is 3.77. The van der Waals surface area contributed by atoms with Crippen LogP contribution in [0.3, 0.4) is 0 Å². The molecule has 3 rings (SSSR count). The topological polar surface area (TPSA) is 104 Å². The smallest absolute Gasteiger partial charge is 0.251 e. The van der Waals surface area contributed by atoms with Crippen LogP contribution in [0.25, 0.3) is 0 Å². The molecule has 1 aromatic carbocycles. The van der Waals surface area contributed by atoms with Gasteiger partial charge in [-0.15, -0.1) is 0 Å². The molecule has 130 valence electrons. The number of hydrogen-bond donors (Lipinski definition) is 4. The third-order valence-electron chi connectivity index (χ3n) is 5.28. The van der Waals surface area contributed by atoms with Gasteiger partial charge in [-0.25, -0.2) is 0 Å². The first kappa shape index (κ1) is 16.9. The molecule has 0 spiro atoms. The maximum atomic E-state index is 12.6. The molecule has 2 fully saturated rings. The molecule has 24 heavy (non-hydrogen) atoms. The Bertz CT molecular complexity index is 590. The van der Waals surface area contributed by atoms with E-state index >= 15 is 0 Å². The lowest BCUT2D eigenvalue weighted by molar-refractivity contribution is 0.00919. The molecule has 1 aliphatic carbocycles. The van der Waals surface area contributed by atoms with Crippen molar-refractivity contribution in [2.45, 2.75) is 37.8 Å². The molecule has 1 aliphatic heterocycles. The van der Waals surface area contributed by atoms with Crippen LogP contribution in [0.2, 0.25) is 0 Å². The van der Waals surface area contributed by atoms with E-state index in [4.69, 9.17) is 5.73 Å². The Morgan fingerprint density at radius 1 is 1.08 bits per heavy atom. The van der Waals surface area contributed by atoms with Crippen LogP contribution >= 0.6 is 0 Å². The minimum absolute atomic E-state index is 0.0961. The van der Waals surface area contributed by atoms with Gasteiger partial charge in [0.05, 0.1) is 6.10 Å². The molecule has 0 bridgehead atoms. The molecule has 1 aromatic rings. The maximum Gasteiger partial charge on any atom is 0.251 e. The molecule has 0 aromatic heterocycles. The van der Waals surface area contributed by atoms with Gasteiger partial charge in [0.1, 0.15) is 0 Å². The van der Waals surface area contributed by atoms with Crippen LogP contribution in [-0.2, 0) is 0 Å². The van der Waals surface area contributed by atoms with Gasteiger partial charge in [0.25, 0.3) is 5.91 Å². The Kier molecular flexibility index (Phi) is 5.16. The van der Waals surface area contributed by atoms with Gasteiger partial charge in [-0.05, 0) is 74.9 Å². The Hall–Kier alpha value is -1.92. The van der Waals surface area contributed by atoms with Crippen LogP contribution in [0.1, 0.15) is 46.4 Å². The molecule has 6 nitrogen and oxygen atoms in total. The first-order chi connectivity index (χ1) is 11.5. The van der Waals surface area contributed by atoms with E-state index in [0.29, 0.717) is 23.0 Å². The van der Waals surface area contributed by atoms with E-state index in [1.54, 1.807) is 24.3 Å². The van der Waals surface area contributed by atoms with Crippen LogP contribution in [0.4, 0.5) is 0 Å². The summed E-state index contributed by atoms with van der Waals surface area (Å²) in [6.45, 7) is 1.94. The maximum absolute atomic E-state index is 12.6. The van der Waals surface area contributed by atoms with Gasteiger partial charge in [-0.3, -0.25) is 9.59 Å². The van der Waals surface area contributed by atoms with Crippen molar-refractivity contribution >= 4 is 11.8 Å². The second-order valence-electron chi connectivity index (χ2n) is 6.91. The van der Waals surface area contributed by atoms with Crippen molar-refractivity contribution in [1.82, 2.24) is 10.6 Å². The number of rotatable bonds is 5. The summed E-state index contributed by atoms with van der Waals surface area (Å²) in [6, 6.07) is 6.50. The average molecular weight is 331 g/mol. The number of carbonyl (C=O) groups excluding carboxylic acids is 2. The van der Waals surface area contributed by atoms with E-state index in [1.165, 1.54) is 0 Å². The Labute approximate surface area is 141 Å². The summed E-state index contributed by atoms with van der Waals surface area (Å²) in [5.74, 6) is 0.156. The summed E-state index contributed by atoms with van der Waals surface area (Å²) in [5, 5.41) is 16.2. The first-order valence-electron chi connectivity index (χ1n) is 8.64. The number of hydrogen-bond acceptors (Lipinski definition) is 4. The van der Waals surface area contributed by atoms with E-state index in [1.807, 2.05) is 0 Å². The number of piperidine rings is 1. The summed E-state index contributed by atoms with van der Waals surface area (Å²) in [7, 11) is 0. The van der Waals surface area contributed by atoms with Gasteiger partial charge in [-0.1, -0.05) is 0 Å². The van der Waals surface area contributed by atoms with E-state index < -0.39 is 5.91 Å². The molecule has 6 heteroatoms. The molecular weight excluding hydrogens is 306 g/mol. The number of nitrogens with two attached hydrogens (primary N) is 1. The minimum Gasteiger partial charge on any atom is -0.393 e. The summed E-state index contributed by atoms with van der Waals surface area (Å²) in [5.41, 5.74) is 6.15. The van der Waals surface area contributed by atoms with Crippen LogP contribution < -0.4 is 16.4 Å². The molecule has 5 N–H and O–H groups in total. The van der Waals surface area contributed by atoms with E-state index in [0.717, 1.165) is 38.8 Å². The van der Waals surface area contributed by atoms with Gasteiger partial charge in [-0.2, -0.15) is 0 Å². The monoisotopic (exact) mass is 331 g/mol. The van der Waals surface area contributed by atoms with Gasteiger partial charge in [0.2, 0.25) is 5.91 Å². The zero-order chi connectivity index (χ0) is 17.1. The van der Waals surface area contributed by atoms with E-state index in [-0.39, 0.29) is 18.1 Å². The molecule has 1 saturated carbocycles.